The molecular formula is C18H22N2O3S. The molecule has 0 atom stereocenters. The van der Waals surface area contributed by atoms with Crippen LogP contribution in [0.25, 0.3) is 0 Å². The lowest BCUT2D eigenvalue weighted by Gasteiger charge is -2.14. The van der Waals surface area contributed by atoms with Crippen LogP contribution in [0, 0.1) is 6.92 Å². The monoisotopic (exact) mass is 346 g/mol. The Morgan fingerprint density at radius 3 is 2.21 bits per heavy atom. The van der Waals surface area contributed by atoms with Gasteiger partial charge >= 0.3 is 0 Å². The van der Waals surface area contributed by atoms with Crippen molar-refractivity contribution in [2.75, 3.05) is 10.0 Å². The van der Waals surface area contributed by atoms with E-state index in [9.17, 15) is 13.2 Å². The van der Waals surface area contributed by atoms with E-state index in [1.54, 1.807) is 12.1 Å². The Kier molecular flexibility index (Phi) is 5.29. The number of rotatable bonds is 5. The van der Waals surface area contributed by atoms with Crippen molar-refractivity contribution in [1.29, 1.82) is 0 Å². The molecule has 0 saturated heterocycles. The number of sulfonamides is 1. The Morgan fingerprint density at radius 1 is 1.04 bits per heavy atom. The second kappa shape index (κ2) is 7.05. The molecule has 0 saturated carbocycles. The van der Waals surface area contributed by atoms with E-state index in [1.807, 2.05) is 25.1 Å². The van der Waals surface area contributed by atoms with Gasteiger partial charge in [0.25, 0.3) is 10.0 Å². The Balaban J connectivity index is 2.28. The van der Waals surface area contributed by atoms with E-state index in [-0.39, 0.29) is 10.8 Å². The van der Waals surface area contributed by atoms with E-state index in [1.165, 1.54) is 19.1 Å². The summed E-state index contributed by atoms with van der Waals surface area (Å²) < 4.78 is 27.8. The van der Waals surface area contributed by atoms with Crippen LogP contribution >= 0.6 is 0 Å². The number of aryl methyl sites for hydroxylation is 1. The highest BCUT2D eigenvalue weighted by Gasteiger charge is 2.16. The van der Waals surface area contributed by atoms with Gasteiger partial charge in [0, 0.05) is 12.6 Å². The number of benzene rings is 2. The Labute approximate surface area is 143 Å². The molecule has 0 aliphatic rings. The second-order valence-electron chi connectivity index (χ2n) is 6.04. The number of hydrogen-bond acceptors (Lipinski definition) is 3. The lowest BCUT2D eigenvalue weighted by atomic mass is 10.0. The molecule has 0 radical (unpaired) electrons. The predicted octanol–water partition coefficient (Wildman–Crippen LogP) is 3.88. The topological polar surface area (TPSA) is 75.3 Å². The van der Waals surface area contributed by atoms with Gasteiger partial charge in [0.2, 0.25) is 5.91 Å². The molecule has 0 aliphatic carbocycles. The molecular weight excluding hydrogens is 324 g/mol. The molecule has 24 heavy (non-hydrogen) atoms. The van der Waals surface area contributed by atoms with Crippen molar-refractivity contribution < 1.29 is 13.2 Å². The largest absolute Gasteiger partial charge is 0.326 e. The summed E-state index contributed by atoms with van der Waals surface area (Å²) in [5, 5.41) is 2.61. The van der Waals surface area contributed by atoms with Gasteiger partial charge < -0.3 is 5.32 Å². The van der Waals surface area contributed by atoms with E-state index in [4.69, 9.17) is 0 Å². The third kappa shape index (κ3) is 4.35. The zero-order valence-corrected chi connectivity index (χ0v) is 15.1. The van der Waals surface area contributed by atoms with Crippen molar-refractivity contribution in [2.45, 2.75) is 38.5 Å². The molecule has 1 amide bonds. The summed E-state index contributed by atoms with van der Waals surface area (Å²) in [4.78, 5) is 11.2. The highest BCUT2D eigenvalue weighted by molar-refractivity contribution is 7.92. The minimum atomic E-state index is -3.69. The molecule has 0 unspecified atom stereocenters. The summed E-state index contributed by atoms with van der Waals surface area (Å²) in [5.41, 5.74) is 3.06. The smallest absolute Gasteiger partial charge is 0.261 e. The van der Waals surface area contributed by atoms with Crippen LogP contribution in [-0.2, 0) is 14.8 Å². The van der Waals surface area contributed by atoms with Gasteiger partial charge in [-0.25, -0.2) is 8.42 Å². The van der Waals surface area contributed by atoms with Gasteiger partial charge in [-0.2, -0.15) is 0 Å². The summed E-state index contributed by atoms with van der Waals surface area (Å²) in [6.07, 6.45) is 0. The molecule has 0 spiro atoms. The van der Waals surface area contributed by atoms with Crippen LogP contribution in [0.2, 0.25) is 0 Å². The van der Waals surface area contributed by atoms with E-state index in [2.05, 4.69) is 23.9 Å². The van der Waals surface area contributed by atoms with Crippen molar-refractivity contribution in [3.63, 3.8) is 0 Å². The molecule has 128 valence electrons. The van der Waals surface area contributed by atoms with Crippen LogP contribution in [0.4, 0.5) is 11.4 Å². The second-order valence-corrected chi connectivity index (χ2v) is 7.72. The Hall–Kier alpha value is -2.34. The first-order valence-corrected chi connectivity index (χ1v) is 9.18. The first-order valence-electron chi connectivity index (χ1n) is 7.70. The molecule has 6 heteroatoms. The third-order valence-corrected chi connectivity index (χ3v) is 5.04. The average molecular weight is 346 g/mol. The zero-order chi connectivity index (χ0) is 17.9. The molecule has 2 aromatic rings. The van der Waals surface area contributed by atoms with E-state index in [0.717, 1.165) is 11.1 Å². The number of carbonyl (C=O) groups is 1. The number of hydrogen-bond donors (Lipinski definition) is 2. The van der Waals surface area contributed by atoms with Crippen LogP contribution < -0.4 is 10.0 Å². The molecule has 0 aliphatic heterocycles. The minimum Gasteiger partial charge on any atom is -0.326 e. The fraction of sp³-hybridized carbons (Fsp3) is 0.278. The minimum absolute atomic E-state index is 0.144. The zero-order valence-electron chi connectivity index (χ0n) is 14.3. The van der Waals surface area contributed by atoms with Crippen LogP contribution in [-0.4, -0.2) is 14.3 Å². The number of carbonyl (C=O) groups excluding carboxylic acids is 1. The third-order valence-electron chi connectivity index (χ3n) is 3.66. The van der Waals surface area contributed by atoms with Crippen molar-refractivity contribution in [1.82, 2.24) is 0 Å². The van der Waals surface area contributed by atoms with Gasteiger partial charge in [-0.1, -0.05) is 26.0 Å². The lowest BCUT2D eigenvalue weighted by Crippen LogP contribution is -2.14. The van der Waals surface area contributed by atoms with Gasteiger partial charge in [0.15, 0.2) is 0 Å². The molecule has 5 nitrogen and oxygen atoms in total. The maximum Gasteiger partial charge on any atom is 0.261 e. The Morgan fingerprint density at radius 2 is 1.67 bits per heavy atom. The molecule has 0 aromatic heterocycles. The number of anilines is 2. The van der Waals surface area contributed by atoms with Crippen LogP contribution in [0.15, 0.2) is 47.4 Å². The SMILES string of the molecule is CC(=O)Nc1ccc(S(=O)(=O)Nc2cc(C(C)C)ccc2C)cc1. The standard InChI is InChI=1S/C18H22N2O3S/c1-12(2)15-6-5-13(3)18(11-15)20-24(22,23)17-9-7-16(8-10-17)19-14(4)21/h5-12,20H,1-4H3,(H,19,21). The molecule has 2 aromatic carbocycles. The van der Waals surface area contributed by atoms with Crippen LogP contribution in [0.1, 0.15) is 37.8 Å². The Bertz CT molecular complexity index is 841. The molecule has 2 rings (SSSR count). The van der Waals surface area contributed by atoms with E-state index < -0.39 is 10.0 Å². The summed E-state index contributed by atoms with van der Waals surface area (Å²) in [6.45, 7) is 7.38. The van der Waals surface area contributed by atoms with Gasteiger partial charge in [-0.3, -0.25) is 9.52 Å². The quantitative estimate of drug-likeness (QED) is 0.863. The van der Waals surface area contributed by atoms with Gasteiger partial charge in [-0.15, -0.1) is 0 Å². The average Bonchev–Trinajstić information content (AvgIpc) is 2.49. The normalized spacial score (nSPS) is 11.4. The summed E-state index contributed by atoms with van der Waals surface area (Å²) in [5.74, 6) is 0.107. The van der Waals surface area contributed by atoms with Crippen molar-refractivity contribution in [3.05, 3.63) is 53.6 Å². The van der Waals surface area contributed by atoms with Crippen LogP contribution in [0.5, 0.6) is 0 Å². The van der Waals surface area contributed by atoms with Crippen molar-refractivity contribution >= 4 is 27.3 Å². The summed E-state index contributed by atoms with van der Waals surface area (Å²) in [7, 11) is -3.69. The molecule has 0 fully saturated rings. The first kappa shape index (κ1) is 18.0. The number of nitrogens with one attached hydrogen (secondary N) is 2. The fourth-order valence-electron chi connectivity index (χ4n) is 2.23. The summed E-state index contributed by atoms with van der Waals surface area (Å²) >= 11 is 0. The van der Waals surface area contributed by atoms with Crippen LogP contribution in [0.3, 0.4) is 0 Å². The molecule has 0 bridgehead atoms. The maximum atomic E-state index is 12.6. The van der Waals surface area contributed by atoms with Crippen molar-refractivity contribution in [3.8, 4) is 0 Å². The summed E-state index contributed by atoms with van der Waals surface area (Å²) in [6, 6.07) is 11.8. The van der Waals surface area contributed by atoms with E-state index in [0.29, 0.717) is 17.3 Å². The lowest BCUT2D eigenvalue weighted by molar-refractivity contribution is -0.114. The molecule has 0 heterocycles. The maximum absolute atomic E-state index is 12.6. The fourth-order valence-corrected chi connectivity index (χ4v) is 3.35. The predicted molar refractivity (Wildman–Crippen MR) is 96.8 cm³/mol. The highest BCUT2D eigenvalue weighted by atomic mass is 32.2. The molecule has 2 N–H and O–H groups in total. The van der Waals surface area contributed by atoms with Gasteiger partial charge in [0.05, 0.1) is 10.6 Å². The van der Waals surface area contributed by atoms with E-state index >= 15 is 0 Å². The van der Waals surface area contributed by atoms with Gasteiger partial charge in [0.1, 0.15) is 0 Å². The number of amides is 1. The highest BCUT2D eigenvalue weighted by Crippen LogP contribution is 2.25. The van der Waals surface area contributed by atoms with Gasteiger partial charge in [-0.05, 0) is 54.3 Å². The van der Waals surface area contributed by atoms with Crippen molar-refractivity contribution in [2.24, 2.45) is 0 Å². The first-order chi connectivity index (χ1) is 11.2.